The van der Waals surface area contributed by atoms with E-state index >= 15 is 0 Å². The number of hydrogen-bond donors (Lipinski definition) is 2. The van der Waals surface area contributed by atoms with Gasteiger partial charge in [-0.3, -0.25) is 0 Å². The molecule has 0 bridgehead atoms. The molecule has 7 heteroatoms. The third-order valence-electron chi connectivity index (χ3n) is 2.19. The fourth-order valence-electron chi connectivity index (χ4n) is 1.41. The first-order valence-electron chi connectivity index (χ1n) is 5.46. The molecule has 2 N–H and O–H groups in total. The summed E-state index contributed by atoms with van der Waals surface area (Å²) in [5.74, 6) is 1.01. The van der Waals surface area contributed by atoms with E-state index in [2.05, 4.69) is 14.7 Å². The van der Waals surface area contributed by atoms with Gasteiger partial charge in [0.05, 0.1) is 6.20 Å². The smallest absolute Gasteiger partial charge is 0.257 e. The highest BCUT2D eigenvalue weighted by atomic mass is 35.5. The third-order valence-corrected chi connectivity index (χ3v) is 3.86. The summed E-state index contributed by atoms with van der Waals surface area (Å²) in [5.41, 5.74) is 0. The van der Waals surface area contributed by atoms with Gasteiger partial charge in [0.1, 0.15) is 5.82 Å². The van der Waals surface area contributed by atoms with Gasteiger partial charge in [-0.2, -0.15) is 0 Å². The molecule has 17 heavy (non-hydrogen) atoms. The first-order valence-corrected chi connectivity index (χ1v) is 7.38. The average molecular weight is 280 g/mol. The van der Waals surface area contributed by atoms with Crippen molar-refractivity contribution in [3.05, 3.63) is 12.0 Å². The lowest BCUT2D eigenvalue weighted by molar-refractivity contribution is 0.543. The Balaban J connectivity index is 2.56. The lowest BCUT2D eigenvalue weighted by Gasteiger charge is -2.12. The van der Waals surface area contributed by atoms with Gasteiger partial charge in [-0.15, -0.1) is 11.6 Å². The second-order valence-corrected chi connectivity index (χ2v) is 6.76. The van der Waals surface area contributed by atoms with Crippen LogP contribution in [-0.2, 0) is 10.0 Å². The first kappa shape index (κ1) is 14.5. The fraction of sp³-hybridized carbons (Fsp3) is 0.700. The molecule has 1 unspecified atom stereocenters. The van der Waals surface area contributed by atoms with E-state index < -0.39 is 10.0 Å². The Hall–Kier alpha value is -0.590. The van der Waals surface area contributed by atoms with Crippen LogP contribution in [0.15, 0.2) is 11.2 Å². The molecule has 0 aliphatic heterocycles. The summed E-state index contributed by atoms with van der Waals surface area (Å²) in [5, 5.41) is -0.128. The number of aromatic amines is 1. The predicted octanol–water partition coefficient (Wildman–Crippen LogP) is 1.65. The van der Waals surface area contributed by atoms with E-state index in [9.17, 15) is 8.42 Å². The number of aryl methyl sites for hydroxylation is 1. The van der Waals surface area contributed by atoms with E-state index in [0.717, 1.165) is 6.42 Å². The van der Waals surface area contributed by atoms with Crippen LogP contribution in [0.25, 0.3) is 0 Å². The Morgan fingerprint density at radius 1 is 1.53 bits per heavy atom. The topological polar surface area (TPSA) is 74.8 Å². The molecule has 0 aliphatic rings. The Labute approximate surface area is 107 Å². The van der Waals surface area contributed by atoms with Crippen LogP contribution < -0.4 is 4.72 Å². The number of aromatic nitrogens is 2. The Morgan fingerprint density at radius 2 is 2.18 bits per heavy atom. The number of H-pyrrole nitrogens is 1. The molecule has 5 nitrogen and oxygen atoms in total. The minimum atomic E-state index is -3.52. The maximum atomic E-state index is 11.8. The van der Waals surface area contributed by atoms with Gasteiger partial charge in [0.15, 0.2) is 5.03 Å². The number of imidazole rings is 1. The molecule has 98 valence electrons. The van der Waals surface area contributed by atoms with Gasteiger partial charge >= 0.3 is 0 Å². The summed E-state index contributed by atoms with van der Waals surface area (Å²) in [6.45, 7) is 6.01. The quantitative estimate of drug-likeness (QED) is 0.778. The molecular formula is C10H18ClN3O2S. The normalized spacial score (nSPS) is 14.2. The van der Waals surface area contributed by atoms with Crippen LogP contribution in [0.4, 0.5) is 0 Å². The van der Waals surface area contributed by atoms with Crippen molar-refractivity contribution in [1.29, 1.82) is 0 Å². The van der Waals surface area contributed by atoms with Crippen LogP contribution in [0.3, 0.4) is 0 Å². The van der Waals surface area contributed by atoms with Crippen molar-refractivity contribution in [2.75, 3.05) is 6.54 Å². The molecule has 0 saturated carbocycles. The summed E-state index contributed by atoms with van der Waals surface area (Å²) in [6, 6.07) is 0. The molecule has 1 rings (SSSR count). The zero-order valence-corrected chi connectivity index (χ0v) is 11.8. The molecule has 0 aromatic carbocycles. The van der Waals surface area contributed by atoms with Crippen LogP contribution in [0.5, 0.6) is 0 Å². The van der Waals surface area contributed by atoms with Crippen molar-refractivity contribution >= 4 is 21.6 Å². The number of halogens is 1. The van der Waals surface area contributed by atoms with Crippen molar-refractivity contribution in [2.24, 2.45) is 5.92 Å². The van der Waals surface area contributed by atoms with Crippen LogP contribution in [-0.4, -0.2) is 30.3 Å². The second-order valence-electron chi connectivity index (χ2n) is 4.41. The second kappa shape index (κ2) is 5.84. The van der Waals surface area contributed by atoms with Crippen molar-refractivity contribution in [3.8, 4) is 0 Å². The van der Waals surface area contributed by atoms with Gasteiger partial charge in [-0.05, 0) is 19.3 Å². The lowest BCUT2D eigenvalue weighted by Crippen LogP contribution is -2.30. The van der Waals surface area contributed by atoms with Crippen LogP contribution >= 0.6 is 11.6 Å². The van der Waals surface area contributed by atoms with Crippen molar-refractivity contribution < 1.29 is 8.42 Å². The minimum absolute atomic E-state index is 0.0726. The Bertz CT molecular complexity index is 456. The summed E-state index contributed by atoms with van der Waals surface area (Å²) in [7, 11) is -3.52. The number of alkyl halides is 1. The highest BCUT2D eigenvalue weighted by Gasteiger charge is 2.18. The third kappa shape index (κ3) is 4.65. The SMILES string of the molecule is Cc1ncc(S(=O)(=O)NCC(Cl)CC(C)C)[nH]1. The van der Waals surface area contributed by atoms with E-state index in [1.165, 1.54) is 6.20 Å². The zero-order chi connectivity index (χ0) is 13.1. The van der Waals surface area contributed by atoms with Gasteiger partial charge in [0.25, 0.3) is 10.0 Å². The van der Waals surface area contributed by atoms with E-state index in [1.807, 2.05) is 13.8 Å². The predicted molar refractivity (Wildman–Crippen MR) is 67.6 cm³/mol. The largest absolute Gasteiger partial charge is 0.332 e. The molecule has 0 fully saturated rings. The molecule has 0 radical (unpaired) electrons. The molecule has 0 saturated heterocycles. The monoisotopic (exact) mass is 279 g/mol. The van der Waals surface area contributed by atoms with E-state index in [4.69, 9.17) is 11.6 Å². The average Bonchev–Trinajstić information content (AvgIpc) is 2.62. The minimum Gasteiger partial charge on any atom is -0.332 e. The number of nitrogens with zero attached hydrogens (tertiary/aromatic N) is 1. The number of hydrogen-bond acceptors (Lipinski definition) is 3. The van der Waals surface area contributed by atoms with Crippen molar-refractivity contribution in [3.63, 3.8) is 0 Å². The molecule has 1 atom stereocenters. The van der Waals surface area contributed by atoms with Gasteiger partial charge in [0.2, 0.25) is 0 Å². The summed E-state index contributed by atoms with van der Waals surface area (Å²) < 4.78 is 26.1. The molecule has 1 aromatic heterocycles. The number of nitrogens with one attached hydrogen (secondary N) is 2. The lowest BCUT2D eigenvalue weighted by atomic mass is 10.1. The number of rotatable bonds is 6. The van der Waals surface area contributed by atoms with Gasteiger partial charge < -0.3 is 4.98 Å². The summed E-state index contributed by atoms with van der Waals surface area (Å²) >= 11 is 6.02. The van der Waals surface area contributed by atoms with E-state index in [0.29, 0.717) is 11.7 Å². The maximum Gasteiger partial charge on any atom is 0.257 e. The molecule has 0 spiro atoms. The molecule has 0 amide bonds. The Morgan fingerprint density at radius 3 is 2.65 bits per heavy atom. The molecular weight excluding hydrogens is 262 g/mol. The standard InChI is InChI=1S/C10H18ClN3O2S/c1-7(2)4-9(11)5-13-17(15,16)10-6-12-8(3)14-10/h6-7,9,13H,4-5H2,1-3H3,(H,12,14). The fourth-order valence-corrected chi connectivity index (χ4v) is 2.98. The van der Waals surface area contributed by atoms with E-state index in [1.54, 1.807) is 6.92 Å². The molecule has 0 aliphatic carbocycles. The zero-order valence-electron chi connectivity index (χ0n) is 10.2. The van der Waals surface area contributed by atoms with Crippen LogP contribution in [0.1, 0.15) is 26.1 Å². The highest BCUT2D eigenvalue weighted by molar-refractivity contribution is 7.89. The highest BCUT2D eigenvalue weighted by Crippen LogP contribution is 2.11. The Kier molecular flexibility index (Phi) is 4.97. The van der Waals surface area contributed by atoms with Gasteiger partial charge in [-0.25, -0.2) is 18.1 Å². The number of sulfonamides is 1. The van der Waals surface area contributed by atoms with E-state index in [-0.39, 0.29) is 16.9 Å². The van der Waals surface area contributed by atoms with Gasteiger partial charge in [-0.1, -0.05) is 13.8 Å². The maximum absolute atomic E-state index is 11.8. The van der Waals surface area contributed by atoms with Crippen LogP contribution in [0.2, 0.25) is 0 Å². The first-order chi connectivity index (χ1) is 7.81. The van der Waals surface area contributed by atoms with Crippen LogP contribution in [0, 0.1) is 12.8 Å². The van der Waals surface area contributed by atoms with Crippen molar-refractivity contribution in [1.82, 2.24) is 14.7 Å². The summed E-state index contributed by atoms with van der Waals surface area (Å²) in [4.78, 5) is 6.53. The molecule has 1 aromatic rings. The van der Waals surface area contributed by atoms with Crippen molar-refractivity contribution in [2.45, 2.75) is 37.6 Å². The summed E-state index contributed by atoms with van der Waals surface area (Å²) in [6.07, 6.45) is 2.06. The molecule has 1 heterocycles. The van der Waals surface area contributed by atoms with Gasteiger partial charge in [0, 0.05) is 11.9 Å².